The van der Waals surface area contributed by atoms with Crippen LogP contribution in [0.25, 0.3) is 0 Å². The summed E-state index contributed by atoms with van der Waals surface area (Å²) >= 11 is 0. The fourth-order valence-corrected chi connectivity index (χ4v) is 4.28. The summed E-state index contributed by atoms with van der Waals surface area (Å²) in [5.74, 6) is 1.78. The molecule has 0 bridgehead atoms. The molecule has 2 fully saturated rings. The van der Waals surface area contributed by atoms with Crippen LogP contribution in [-0.4, -0.2) is 55.0 Å². The average molecular weight is 366 g/mol. The summed E-state index contributed by atoms with van der Waals surface area (Å²) in [7, 11) is 2.21. The highest BCUT2D eigenvalue weighted by atomic mass is 35.5. The SMILES string of the molecule is CN1CCC(C2CCN(C(=O)[C@@H](N)Cc3ccccc3)CC2)CC1.Cl. The molecule has 0 spiro atoms. The summed E-state index contributed by atoms with van der Waals surface area (Å²) in [4.78, 5) is 17.1. The number of rotatable bonds is 4. The number of nitrogens with two attached hydrogens (primary N) is 1. The van der Waals surface area contributed by atoms with Gasteiger partial charge in [-0.05, 0) is 69.6 Å². The summed E-state index contributed by atoms with van der Waals surface area (Å²) in [5.41, 5.74) is 7.31. The van der Waals surface area contributed by atoms with E-state index >= 15 is 0 Å². The van der Waals surface area contributed by atoms with Crippen molar-refractivity contribution in [2.75, 3.05) is 33.2 Å². The Bertz CT molecular complexity index is 523. The second kappa shape index (κ2) is 9.56. The Kier molecular flexibility index (Phi) is 7.73. The summed E-state index contributed by atoms with van der Waals surface area (Å²) in [6, 6.07) is 9.66. The van der Waals surface area contributed by atoms with E-state index in [0.29, 0.717) is 6.42 Å². The van der Waals surface area contributed by atoms with E-state index in [0.717, 1.165) is 43.3 Å². The lowest BCUT2D eigenvalue weighted by Gasteiger charge is -2.40. The van der Waals surface area contributed by atoms with Crippen molar-refractivity contribution in [1.29, 1.82) is 0 Å². The molecule has 2 N–H and O–H groups in total. The van der Waals surface area contributed by atoms with E-state index in [9.17, 15) is 4.79 Å². The molecule has 5 heteroatoms. The van der Waals surface area contributed by atoms with Crippen LogP contribution in [0.5, 0.6) is 0 Å². The number of carbonyl (C=O) groups excluding carboxylic acids is 1. The number of nitrogens with zero attached hydrogens (tertiary/aromatic N) is 2. The van der Waals surface area contributed by atoms with E-state index in [1.54, 1.807) is 0 Å². The van der Waals surface area contributed by atoms with Gasteiger partial charge in [-0.15, -0.1) is 12.4 Å². The van der Waals surface area contributed by atoms with Gasteiger partial charge in [0.1, 0.15) is 0 Å². The monoisotopic (exact) mass is 365 g/mol. The minimum atomic E-state index is -0.410. The van der Waals surface area contributed by atoms with Crippen LogP contribution in [-0.2, 0) is 11.2 Å². The number of hydrogen-bond acceptors (Lipinski definition) is 3. The first-order valence-electron chi connectivity index (χ1n) is 9.40. The molecule has 0 aliphatic carbocycles. The first kappa shape index (κ1) is 20.2. The van der Waals surface area contributed by atoms with Crippen molar-refractivity contribution in [3.63, 3.8) is 0 Å². The normalized spacial score (nSPS) is 21.6. The molecule has 25 heavy (non-hydrogen) atoms. The maximum absolute atomic E-state index is 12.6. The maximum atomic E-state index is 12.6. The maximum Gasteiger partial charge on any atom is 0.239 e. The third-order valence-electron chi connectivity index (χ3n) is 5.90. The first-order chi connectivity index (χ1) is 11.6. The van der Waals surface area contributed by atoms with Crippen LogP contribution in [0.2, 0.25) is 0 Å². The fourth-order valence-electron chi connectivity index (χ4n) is 4.28. The predicted molar refractivity (Wildman–Crippen MR) is 105 cm³/mol. The number of benzene rings is 1. The molecule has 3 rings (SSSR count). The predicted octanol–water partition coefficient (Wildman–Crippen LogP) is 2.56. The highest BCUT2D eigenvalue weighted by Crippen LogP contribution is 2.32. The van der Waals surface area contributed by atoms with Gasteiger partial charge < -0.3 is 15.5 Å². The van der Waals surface area contributed by atoms with E-state index in [4.69, 9.17) is 5.73 Å². The summed E-state index contributed by atoms with van der Waals surface area (Å²) < 4.78 is 0. The molecule has 0 aromatic heterocycles. The Morgan fingerprint density at radius 1 is 1.04 bits per heavy atom. The second-order valence-electron chi connectivity index (χ2n) is 7.60. The van der Waals surface area contributed by atoms with Gasteiger partial charge >= 0.3 is 0 Å². The number of amides is 1. The number of piperidine rings is 2. The molecule has 2 aliphatic heterocycles. The molecule has 2 saturated heterocycles. The standard InChI is InChI=1S/C20H31N3O.ClH/c1-22-11-7-17(8-12-22)18-9-13-23(14-10-18)20(24)19(21)15-16-5-3-2-4-6-16;/h2-6,17-19H,7-15,21H2,1H3;1H/t19-;/m0./s1. The number of hydrogen-bond donors (Lipinski definition) is 1. The smallest absolute Gasteiger partial charge is 0.239 e. The molecule has 1 atom stereocenters. The van der Waals surface area contributed by atoms with Gasteiger partial charge in [0.25, 0.3) is 0 Å². The van der Waals surface area contributed by atoms with Gasteiger partial charge in [-0.2, -0.15) is 0 Å². The Hall–Kier alpha value is -1.10. The lowest BCUT2D eigenvalue weighted by atomic mass is 9.79. The van der Waals surface area contributed by atoms with Crippen molar-refractivity contribution in [3.8, 4) is 0 Å². The quantitative estimate of drug-likeness (QED) is 0.892. The number of likely N-dealkylation sites (tertiary alicyclic amines) is 2. The van der Waals surface area contributed by atoms with Gasteiger partial charge in [0.15, 0.2) is 0 Å². The molecule has 2 heterocycles. The highest BCUT2D eigenvalue weighted by Gasteiger charge is 2.31. The first-order valence-corrected chi connectivity index (χ1v) is 9.40. The Labute approximate surface area is 158 Å². The van der Waals surface area contributed by atoms with Crippen molar-refractivity contribution in [2.45, 2.75) is 38.1 Å². The van der Waals surface area contributed by atoms with Crippen molar-refractivity contribution in [1.82, 2.24) is 9.80 Å². The summed E-state index contributed by atoms with van der Waals surface area (Å²) in [5, 5.41) is 0. The van der Waals surface area contributed by atoms with Crippen molar-refractivity contribution in [3.05, 3.63) is 35.9 Å². The van der Waals surface area contributed by atoms with Crippen molar-refractivity contribution < 1.29 is 4.79 Å². The van der Waals surface area contributed by atoms with E-state index < -0.39 is 6.04 Å². The van der Waals surface area contributed by atoms with Crippen LogP contribution in [0, 0.1) is 11.8 Å². The van der Waals surface area contributed by atoms with E-state index in [1.807, 2.05) is 35.2 Å². The molecular formula is C20H32ClN3O. The largest absolute Gasteiger partial charge is 0.341 e. The van der Waals surface area contributed by atoms with E-state index in [1.165, 1.54) is 25.9 Å². The van der Waals surface area contributed by atoms with Crippen molar-refractivity contribution >= 4 is 18.3 Å². The van der Waals surface area contributed by atoms with Crippen LogP contribution in [0.1, 0.15) is 31.2 Å². The molecule has 0 saturated carbocycles. The van der Waals surface area contributed by atoms with Gasteiger partial charge in [0.2, 0.25) is 5.91 Å². The number of carbonyl (C=O) groups is 1. The topological polar surface area (TPSA) is 49.6 Å². The minimum Gasteiger partial charge on any atom is -0.341 e. The van der Waals surface area contributed by atoms with Crippen molar-refractivity contribution in [2.24, 2.45) is 17.6 Å². The molecule has 2 aliphatic rings. The van der Waals surface area contributed by atoms with Crippen LogP contribution < -0.4 is 5.73 Å². The van der Waals surface area contributed by atoms with Crippen LogP contribution in [0.4, 0.5) is 0 Å². The zero-order chi connectivity index (χ0) is 16.9. The average Bonchev–Trinajstić information content (AvgIpc) is 2.63. The Morgan fingerprint density at radius 2 is 1.56 bits per heavy atom. The second-order valence-corrected chi connectivity index (χ2v) is 7.60. The van der Waals surface area contributed by atoms with Gasteiger partial charge in [0, 0.05) is 13.1 Å². The Morgan fingerprint density at radius 3 is 2.12 bits per heavy atom. The molecule has 1 aromatic carbocycles. The van der Waals surface area contributed by atoms with Gasteiger partial charge in [-0.1, -0.05) is 30.3 Å². The fraction of sp³-hybridized carbons (Fsp3) is 0.650. The zero-order valence-corrected chi connectivity index (χ0v) is 16.1. The van der Waals surface area contributed by atoms with Crippen LogP contribution in [0.3, 0.4) is 0 Å². The van der Waals surface area contributed by atoms with Gasteiger partial charge in [-0.25, -0.2) is 0 Å². The number of halogens is 1. The highest BCUT2D eigenvalue weighted by molar-refractivity contribution is 5.85. The molecule has 0 radical (unpaired) electrons. The molecule has 140 valence electrons. The summed E-state index contributed by atoms with van der Waals surface area (Å²) in [6.07, 6.45) is 5.58. The molecule has 0 unspecified atom stereocenters. The molecule has 4 nitrogen and oxygen atoms in total. The lowest BCUT2D eigenvalue weighted by Crippen LogP contribution is -2.49. The van der Waals surface area contributed by atoms with Crippen LogP contribution in [0.15, 0.2) is 30.3 Å². The van der Waals surface area contributed by atoms with Gasteiger partial charge in [0.05, 0.1) is 6.04 Å². The van der Waals surface area contributed by atoms with Crippen LogP contribution >= 0.6 is 12.4 Å². The van der Waals surface area contributed by atoms with Gasteiger partial charge in [-0.3, -0.25) is 4.79 Å². The lowest BCUT2D eigenvalue weighted by molar-refractivity contribution is -0.134. The minimum absolute atomic E-state index is 0. The van der Waals surface area contributed by atoms with E-state index in [-0.39, 0.29) is 18.3 Å². The third kappa shape index (κ3) is 5.44. The molecule has 1 amide bonds. The van der Waals surface area contributed by atoms with E-state index in [2.05, 4.69) is 11.9 Å². The molecular weight excluding hydrogens is 334 g/mol. The zero-order valence-electron chi connectivity index (χ0n) is 15.3. The Balaban J connectivity index is 0.00000225. The molecule has 1 aromatic rings. The third-order valence-corrected chi connectivity index (χ3v) is 5.90. The summed E-state index contributed by atoms with van der Waals surface area (Å²) in [6.45, 7) is 4.23.